The summed E-state index contributed by atoms with van der Waals surface area (Å²) in [6.07, 6.45) is 10.00. The number of carbonyl (C=O) groups excluding carboxylic acids is 3. The van der Waals surface area contributed by atoms with Gasteiger partial charge in [0.1, 0.15) is 11.9 Å². The fourth-order valence-corrected chi connectivity index (χ4v) is 13.9. The van der Waals surface area contributed by atoms with Crippen LogP contribution in [0.5, 0.6) is 0 Å². The molecule has 1 aromatic heterocycles. The lowest BCUT2D eigenvalue weighted by atomic mass is 9.38. The number of ether oxygens (including phenoxy) is 1. The zero-order chi connectivity index (χ0) is 40.1. The van der Waals surface area contributed by atoms with E-state index in [9.17, 15) is 24.3 Å². The molecule has 12 atom stereocenters. The molecule has 0 bridgehead atoms. The van der Waals surface area contributed by atoms with Gasteiger partial charge in [0.05, 0.1) is 34.7 Å². The van der Waals surface area contributed by atoms with Gasteiger partial charge < -0.3 is 20.1 Å². The van der Waals surface area contributed by atoms with Crippen molar-refractivity contribution < 1.29 is 29.0 Å². The average Bonchev–Trinajstić information content (AvgIpc) is 3.76. The van der Waals surface area contributed by atoms with Crippen LogP contribution in [0.15, 0.2) is 47.7 Å². The van der Waals surface area contributed by atoms with Crippen LogP contribution in [0.3, 0.4) is 0 Å². The van der Waals surface area contributed by atoms with Gasteiger partial charge in [0.25, 0.3) is 0 Å². The molecular formula is C47H63N3O6. The number of Topliss-reactive ketones (excluding diaryl/α,β-unsaturated/α-hetero) is 1. The van der Waals surface area contributed by atoms with E-state index in [4.69, 9.17) is 9.72 Å². The summed E-state index contributed by atoms with van der Waals surface area (Å²) in [6, 6.07) is 10.1. The number of H-pyrrole nitrogens is 1. The summed E-state index contributed by atoms with van der Waals surface area (Å²) >= 11 is 0. The molecule has 5 saturated carbocycles. The van der Waals surface area contributed by atoms with E-state index >= 15 is 0 Å². The highest BCUT2D eigenvalue weighted by Gasteiger charge is 2.66. The molecule has 5 fully saturated rings. The van der Waals surface area contributed by atoms with Crippen molar-refractivity contribution in [2.45, 2.75) is 131 Å². The standard InChI is InChI=1S/C47H63N3O6/c1-25(2)38-35(51)23-47(43(55)50-44(5,6)42-48-24-34(49-42)28-12-10-9-11-13-28)21-17-33-29(39(38)47)14-15-37-45(7)20-18-36(27(4)32(45)16-19-46(33,37)8)56-41(54)31-22-30(26(31)3)40(52)53/h9-13,24-27,29-33,36-37H,14-23H2,1-8H3,(H,48,49)(H,50,55)(H,52,53). The van der Waals surface area contributed by atoms with Crippen LogP contribution in [0, 0.1) is 69.5 Å². The second-order valence-corrected chi connectivity index (χ2v) is 20.3. The molecule has 9 nitrogen and oxygen atoms in total. The maximum Gasteiger partial charge on any atom is 0.309 e. The number of hydrogen-bond acceptors (Lipinski definition) is 6. The number of carboxylic acids is 1. The van der Waals surface area contributed by atoms with Crippen LogP contribution >= 0.6 is 0 Å². The largest absolute Gasteiger partial charge is 0.481 e. The number of imidazole rings is 1. The van der Waals surface area contributed by atoms with E-state index in [1.165, 1.54) is 0 Å². The van der Waals surface area contributed by atoms with Gasteiger partial charge in [0.2, 0.25) is 5.91 Å². The minimum atomic E-state index is -0.840. The first kappa shape index (κ1) is 39.1. The SMILES string of the molecule is CC(C)C1=C2C3CCC4C(C)(CCC5C(C)C(OC(=O)C6CC(C(=O)O)C6C)CCC54C)C3CCC2(C(=O)NC(C)(C)c2ncc(-c3ccccc3)[nH]2)CC1=O. The summed E-state index contributed by atoms with van der Waals surface area (Å²) in [4.78, 5) is 62.0. The fraction of sp³-hybridized carbons (Fsp3) is 0.681. The maximum atomic E-state index is 14.9. The molecule has 0 aliphatic heterocycles. The van der Waals surface area contributed by atoms with Crippen molar-refractivity contribution in [2.75, 3.05) is 0 Å². The highest BCUT2D eigenvalue weighted by molar-refractivity contribution is 6.07. The van der Waals surface area contributed by atoms with E-state index in [1.54, 1.807) is 0 Å². The Balaban J connectivity index is 1.02. The van der Waals surface area contributed by atoms with Gasteiger partial charge in [-0.2, -0.15) is 0 Å². The van der Waals surface area contributed by atoms with Gasteiger partial charge >= 0.3 is 11.9 Å². The number of fused-ring (bicyclic) bond motifs is 7. The van der Waals surface area contributed by atoms with Crippen molar-refractivity contribution in [1.82, 2.24) is 15.3 Å². The van der Waals surface area contributed by atoms with Crippen LogP contribution in [-0.2, 0) is 29.5 Å². The van der Waals surface area contributed by atoms with Gasteiger partial charge in [-0.05, 0) is 141 Å². The molecule has 2 aromatic rings. The third-order valence-electron chi connectivity index (χ3n) is 16.9. The number of nitrogens with one attached hydrogen (secondary N) is 2. The first-order valence-electron chi connectivity index (χ1n) is 21.6. The number of esters is 1. The number of rotatable bonds is 8. The molecule has 0 radical (unpaired) electrons. The number of amides is 1. The normalized spacial score (nSPS) is 39.2. The molecule has 3 N–H and O–H groups in total. The van der Waals surface area contributed by atoms with Crippen LogP contribution in [0.4, 0.5) is 0 Å². The molecule has 6 aliphatic carbocycles. The quantitative estimate of drug-likeness (QED) is 0.228. The van der Waals surface area contributed by atoms with Crippen molar-refractivity contribution in [3.8, 4) is 11.3 Å². The Morgan fingerprint density at radius 1 is 0.929 bits per heavy atom. The summed E-state index contributed by atoms with van der Waals surface area (Å²) in [5, 5.41) is 12.9. The lowest BCUT2D eigenvalue weighted by Crippen LogP contribution is -2.61. The molecule has 9 heteroatoms. The summed E-state index contributed by atoms with van der Waals surface area (Å²) < 4.78 is 6.24. The van der Waals surface area contributed by atoms with Crippen LogP contribution < -0.4 is 5.32 Å². The lowest BCUT2D eigenvalue weighted by Gasteiger charge is -2.67. The summed E-state index contributed by atoms with van der Waals surface area (Å²) in [5.41, 5.74) is 2.56. The summed E-state index contributed by atoms with van der Waals surface area (Å²) in [7, 11) is 0. The second kappa shape index (κ2) is 13.7. The molecule has 56 heavy (non-hydrogen) atoms. The molecule has 1 amide bonds. The highest BCUT2D eigenvalue weighted by Crippen LogP contribution is 2.72. The van der Waals surface area contributed by atoms with Crippen LogP contribution in [0.25, 0.3) is 11.3 Å². The van der Waals surface area contributed by atoms with Gasteiger partial charge in [0.15, 0.2) is 5.78 Å². The summed E-state index contributed by atoms with van der Waals surface area (Å²) in [6.45, 7) is 17.4. The molecular weight excluding hydrogens is 703 g/mol. The number of benzene rings is 1. The number of carbonyl (C=O) groups is 4. The molecule has 12 unspecified atom stereocenters. The van der Waals surface area contributed by atoms with Crippen LogP contribution in [0.2, 0.25) is 0 Å². The number of allylic oxidation sites excluding steroid dienone is 1. The predicted molar refractivity (Wildman–Crippen MR) is 214 cm³/mol. The molecule has 0 spiro atoms. The topological polar surface area (TPSA) is 138 Å². The van der Waals surface area contributed by atoms with Crippen molar-refractivity contribution in [1.29, 1.82) is 0 Å². The minimum absolute atomic E-state index is 0.0444. The first-order valence-corrected chi connectivity index (χ1v) is 21.6. The Kier molecular flexibility index (Phi) is 9.55. The molecule has 6 aliphatic rings. The maximum absolute atomic E-state index is 14.9. The average molecular weight is 766 g/mol. The predicted octanol–water partition coefficient (Wildman–Crippen LogP) is 8.90. The number of ketones is 1. The van der Waals surface area contributed by atoms with Crippen LogP contribution in [0.1, 0.15) is 125 Å². The molecule has 0 saturated heterocycles. The van der Waals surface area contributed by atoms with Gasteiger partial charge in [-0.15, -0.1) is 0 Å². The number of nitrogens with zero attached hydrogens (tertiary/aromatic N) is 1. The Morgan fingerprint density at radius 2 is 1.61 bits per heavy atom. The van der Waals surface area contributed by atoms with E-state index in [0.717, 1.165) is 67.3 Å². The highest BCUT2D eigenvalue weighted by atomic mass is 16.5. The van der Waals surface area contributed by atoms with Gasteiger partial charge in [-0.25, -0.2) is 4.98 Å². The third-order valence-corrected chi connectivity index (χ3v) is 16.9. The van der Waals surface area contributed by atoms with E-state index in [2.05, 4.69) is 44.9 Å². The lowest BCUT2D eigenvalue weighted by molar-refractivity contribution is -0.196. The zero-order valence-electron chi connectivity index (χ0n) is 34.7. The minimum Gasteiger partial charge on any atom is -0.481 e. The first-order chi connectivity index (χ1) is 26.4. The number of carboxylic acid groups (broad SMARTS) is 1. The molecule has 1 heterocycles. The van der Waals surface area contributed by atoms with E-state index in [0.29, 0.717) is 36.4 Å². The second-order valence-electron chi connectivity index (χ2n) is 20.3. The molecule has 302 valence electrons. The molecule has 1 aromatic carbocycles. The van der Waals surface area contributed by atoms with Gasteiger partial charge in [0, 0.05) is 6.42 Å². The number of aromatic nitrogens is 2. The van der Waals surface area contributed by atoms with Crippen molar-refractivity contribution in [2.24, 2.45) is 69.5 Å². The van der Waals surface area contributed by atoms with E-state index < -0.39 is 22.8 Å². The zero-order valence-corrected chi connectivity index (χ0v) is 34.7. The molecule has 8 rings (SSSR count). The number of aromatic amines is 1. The Labute approximate surface area is 332 Å². The summed E-state index contributed by atoms with van der Waals surface area (Å²) in [5.74, 6) is 0.619. The number of hydrogen-bond donors (Lipinski definition) is 3. The van der Waals surface area contributed by atoms with Gasteiger partial charge in [-0.3, -0.25) is 19.2 Å². The fourth-order valence-electron chi connectivity index (χ4n) is 13.9. The van der Waals surface area contributed by atoms with Crippen molar-refractivity contribution >= 4 is 23.6 Å². The Bertz CT molecular complexity index is 1950. The van der Waals surface area contributed by atoms with Crippen molar-refractivity contribution in [3.05, 3.63) is 53.5 Å². The third kappa shape index (κ3) is 5.86. The van der Waals surface area contributed by atoms with E-state index in [-0.39, 0.29) is 70.6 Å². The van der Waals surface area contributed by atoms with Crippen molar-refractivity contribution in [3.63, 3.8) is 0 Å². The Hall–Kier alpha value is -3.75. The Morgan fingerprint density at radius 3 is 2.29 bits per heavy atom. The van der Waals surface area contributed by atoms with Gasteiger partial charge in [-0.1, -0.05) is 71.9 Å². The number of aliphatic carboxylic acids is 1. The van der Waals surface area contributed by atoms with E-state index in [1.807, 2.05) is 57.3 Å². The smallest absolute Gasteiger partial charge is 0.309 e. The monoisotopic (exact) mass is 765 g/mol. The van der Waals surface area contributed by atoms with Crippen LogP contribution in [-0.4, -0.2) is 44.8 Å².